The molecule has 124 valence electrons. The minimum absolute atomic E-state index is 0.292. The number of hydrogen-bond donors (Lipinski definition) is 2. The van der Waals surface area contributed by atoms with Crippen molar-refractivity contribution in [3.8, 4) is 17.0 Å². The number of pyridine rings is 1. The molecule has 1 unspecified atom stereocenters. The average molecular weight is 328 g/mol. The molecule has 2 aromatic heterocycles. The predicted molar refractivity (Wildman–Crippen MR) is 102 cm³/mol. The van der Waals surface area contributed by atoms with Gasteiger partial charge in [-0.3, -0.25) is 0 Å². The highest BCUT2D eigenvalue weighted by Crippen LogP contribution is 2.39. The van der Waals surface area contributed by atoms with Crippen molar-refractivity contribution in [3.63, 3.8) is 0 Å². The van der Waals surface area contributed by atoms with Crippen LogP contribution in [-0.4, -0.2) is 15.1 Å². The van der Waals surface area contributed by atoms with Gasteiger partial charge in [0.2, 0.25) is 0 Å². The van der Waals surface area contributed by atoms with E-state index in [9.17, 15) is 5.11 Å². The number of phenolic OH excluding ortho intramolecular Hbond substituents is 1. The van der Waals surface area contributed by atoms with E-state index in [2.05, 4.69) is 30.1 Å². The second kappa shape index (κ2) is 5.35. The SMILES string of the molecule is CC1CCc2c(c(-c3ccc(O)cc3)nc3ccc4[nH]ccc4c23)C1. The molecule has 25 heavy (non-hydrogen) atoms. The van der Waals surface area contributed by atoms with E-state index in [-0.39, 0.29) is 0 Å². The number of aromatic amines is 1. The number of nitrogens with one attached hydrogen (secondary N) is 1. The molecule has 2 aromatic carbocycles. The Hall–Kier alpha value is -2.81. The van der Waals surface area contributed by atoms with Crippen LogP contribution in [0.25, 0.3) is 33.1 Å². The fraction of sp³-hybridized carbons (Fsp3) is 0.227. The Bertz CT molecular complexity index is 1090. The van der Waals surface area contributed by atoms with E-state index in [1.54, 1.807) is 12.1 Å². The third kappa shape index (κ3) is 2.23. The van der Waals surface area contributed by atoms with E-state index in [0.29, 0.717) is 11.7 Å². The Kier molecular flexibility index (Phi) is 3.11. The van der Waals surface area contributed by atoms with E-state index >= 15 is 0 Å². The number of H-pyrrole nitrogens is 1. The minimum Gasteiger partial charge on any atom is -0.508 e. The highest BCUT2D eigenvalue weighted by Gasteiger charge is 2.23. The van der Waals surface area contributed by atoms with Crippen LogP contribution in [0.1, 0.15) is 24.5 Å². The normalized spacial score (nSPS) is 17.1. The Morgan fingerprint density at radius 2 is 1.88 bits per heavy atom. The standard InChI is InChI=1S/C22H20N2O/c1-13-2-7-16-18(12-13)22(14-3-5-15(25)6-4-14)24-20-9-8-19-17(21(16)20)10-11-23-19/h3-6,8-11,13,23,25H,2,7,12H2,1H3. The summed E-state index contributed by atoms with van der Waals surface area (Å²) in [5.74, 6) is 0.967. The second-order valence-corrected chi connectivity index (χ2v) is 7.21. The van der Waals surface area contributed by atoms with Crippen molar-refractivity contribution in [1.29, 1.82) is 0 Å². The van der Waals surface area contributed by atoms with Crippen LogP contribution in [0.5, 0.6) is 5.75 Å². The molecule has 0 radical (unpaired) electrons. The maximum absolute atomic E-state index is 9.63. The zero-order valence-corrected chi connectivity index (χ0v) is 14.2. The Labute approximate surface area is 146 Å². The Morgan fingerprint density at radius 3 is 2.72 bits per heavy atom. The van der Waals surface area contributed by atoms with Crippen LogP contribution in [-0.2, 0) is 12.8 Å². The zero-order valence-electron chi connectivity index (χ0n) is 14.2. The molecule has 5 rings (SSSR count). The topological polar surface area (TPSA) is 48.9 Å². The van der Waals surface area contributed by atoms with Crippen molar-refractivity contribution in [2.24, 2.45) is 5.92 Å². The van der Waals surface area contributed by atoms with Crippen molar-refractivity contribution in [2.75, 3.05) is 0 Å². The minimum atomic E-state index is 0.292. The van der Waals surface area contributed by atoms with Crippen molar-refractivity contribution in [2.45, 2.75) is 26.2 Å². The smallest absolute Gasteiger partial charge is 0.115 e. The van der Waals surface area contributed by atoms with Gasteiger partial charge in [-0.05, 0) is 78.8 Å². The third-order valence-corrected chi connectivity index (χ3v) is 5.48. The predicted octanol–water partition coefficient (Wildman–Crippen LogP) is 5.21. The van der Waals surface area contributed by atoms with E-state index in [1.807, 2.05) is 18.3 Å². The number of aromatic nitrogens is 2. The molecule has 3 heteroatoms. The molecule has 1 aliphatic rings. The van der Waals surface area contributed by atoms with Crippen molar-refractivity contribution >= 4 is 21.8 Å². The summed E-state index contributed by atoms with van der Waals surface area (Å²) in [4.78, 5) is 8.38. The molecule has 4 aromatic rings. The van der Waals surface area contributed by atoms with Crippen molar-refractivity contribution in [1.82, 2.24) is 9.97 Å². The summed E-state index contributed by atoms with van der Waals surface area (Å²) >= 11 is 0. The zero-order chi connectivity index (χ0) is 17.0. The number of rotatable bonds is 1. The van der Waals surface area contributed by atoms with Crippen LogP contribution in [0.2, 0.25) is 0 Å². The molecule has 1 atom stereocenters. The van der Waals surface area contributed by atoms with Gasteiger partial charge >= 0.3 is 0 Å². The van der Waals surface area contributed by atoms with Gasteiger partial charge in [0.25, 0.3) is 0 Å². The molecule has 0 spiro atoms. The summed E-state index contributed by atoms with van der Waals surface area (Å²) in [6.45, 7) is 2.32. The van der Waals surface area contributed by atoms with Gasteiger partial charge in [-0.2, -0.15) is 0 Å². The number of nitrogens with zero attached hydrogens (tertiary/aromatic N) is 1. The largest absolute Gasteiger partial charge is 0.508 e. The summed E-state index contributed by atoms with van der Waals surface area (Å²) < 4.78 is 0. The van der Waals surface area contributed by atoms with Crippen LogP contribution < -0.4 is 0 Å². The molecule has 0 aliphatic heterocycles. The van der Waals surface area contributed by atoms with Gasteiger partial charge in [0, 0.05) is 28.0 Å². The number of aryl methyl sites for hydroxylation is 1. The van der Waals surface area contributed by atoms with Gasteiger partial charge in [0.05, 0.1) is 11.2 Å². The lowest BCUT2D eigenvalue weighted by atomic mass is 9.81. The van der Waals surface area contributed by atoms with Crippen LogP contribution in [0.15, 0.2) is 48.7 Å². The Morgan fingerprint density at radius 1 is 1.04 bits per heavy atom. The fourth-order valence-corrected chi connectivity index (χ4v) is 4.21. The van der Waals surface area contributed by atoms with Crippen molar-refractivity contribution in [3.05, 3.63) is 59.8 Å². The molecule has 2 N–H and O–H groups in total. The molecule has 0 saturated carbocycles. The molecule has 0 bridgehead atoms. The molecule has 1 aliphatic carbocycles. The van der Waals surface area contributed by atoms with Crippen LogP contribution in [0.3, 0.4) is 0 Å². The third-order valence-electron chi connectivity index (χ3n) is 5.48. The van der Waals surface area contributed by atoms with Crippen LogP contribution in [0.4, 0.5) is 0 Å². The Balaban J connectivity index is 1.87. The summed E-state index contributed by atoms with van der Waals surface area (Å²) in [5, 5.41) is 12.2. The van der Waals surface area contributed by atoms with Crippen LogP contribution in [0, 0.1) is 5.92 Å². The van der Waals surface area contributed by atoms with Gasteiger partial charge in [0.1, 0.15) is 5.75 Å². The van der Waals surface area contributed by atoms with E-state index in [4.69, 9.17) is 4.98 Å². The number of phenols is 1. The molecular formula is C22H20N2O. The molecule has 0 fully saturated rings. The van der Waals surface area contributed by atoms with Crippen molar-refractivity contribution < 1.29 is 5.11 Å². The molecule has 3 nitrogen and oxygen atoms in total. The number of aromatic hydroxyl groups is 1. The van der Waals surface area contributed by atoms with Gasteiger partial charge in [-0.25, -0.2) is 4.98 Å². The summed E-state index contributed by atoms with van der Waals surface area (Å²) in [6.07, 6.45) is 5.40. The number of fused-ring (bicyclic) bond motifs is 5. The van der Waals surface area contributed by atoms with Crippen LogP contribution >= 0.6 is 0 Å². The number of hydrogen-bond acceptors (Lipinski definition) is 2. The first kappa shape index (κ1) is 14.5. The molecule has 2 heterocycles. The van der Waals surface area contributed by atoms with Gasteiger partial charge in [-0.15, -0.1) is 0 Å². The van der Waals surface area contributed by atoms with E-state index in [0.717, 1.165) is 29.6 Å². The molecule has 0 saturated heterocycles. The first-order valence-electron chi connectivity index (χ1n) is 8.91. The maximum atomic E-state index is 9.63. The first-order valence-corrected chi connectivity index (χ1v) is 8.91. The average Bonchev–Trinajstić information content (AvgIpc) is 3.10. The lowest BCUT2D eigenvalue weighted by Crippen LogP contribution is -2.14. The summed E-state index contributed by atoms with van der Waals surface area (Å²) in [5.41, 5.74) is 7.22. The first-order chi connectivity index (χ1) is 12.2. The quantitative estimate of drug-likeness (QED) is 0.504. The molecule has 0 amide bonds. The highest BCUT2D eigenvalue weighted by atomic mass is 16.3. The monoisotopic (exact) mass is 328 g/mol. The van der Waals surface area contributed by atoms with Gasteiger partial charge in [-0.1, -0.05) is 6.92 Å². The van der Waals surface area contributed by atoms with Gasteiger partial charge < -0.3 is 10.1 Å². The lowest BCUT2D eigenvalue weighted by Gasteiger charge is -2.25. The number of benzene rings is 2. The highest BCUT2D eigenvalue weighted by molar-refractivity contribution is 6.08. The second-order valence-electron chi connectivity index (χ2n) is 7.21. The maximum Gasteiger partial charge on any atom is 0.115 e. The molecular weight excluding hydrogens is 308 g/mol. The van der Waals surface area contributed by atoms with E-state index < -0.39 is 0 Å². The van der Waals surface area contributed by atoms with Gasteiger partial charge in [0.15, 0.2) is 0 Å². The summed E-state index contributed by atoms with van der Waals surface area (Å²) in [7, 11) is 0. The summed E-state index contributed by atoms with van der Waals surface area (Å²) in [6, 6.07) is 13.8. The van der Waals surface area contributed by atoms with E-state index in [1.165, 1.54) is 33.8 Å². The fourth-order valence-electron chi connectivity index (χ4n) is 4.21. The lowest BCUT2D eigenvalue weighted by molar-refractivity contribution is 0.475.